The maximum atomic E-state index is 11.5. The summed E-state index contributed by atoms with van der Waals surface area (Å²) in [5.74, 6) is 0.306. The van der Waals surface area contributed by atoms with E-state index in [-0.39, 0.29) is 5.56 Å². The number of benzene rings is 1. The summed E-state index contributed by atoms with van der Waals surface area (Å²) in [4.78, 5) is 11.5. The van der Waals surface area contributed by atoms with E-state index in [0.717, 1.165) is 0 Å². The number of hydrogen-bond donors (Lipinski definition) is 2. The minimum atomic E-state index is -0.928. The first-order valence-electron chi connectivity index (χ1n) is 7.14. The van der Waals surface area contributed by atoms with Crippen molar-refractivity contribution in [3.8, 4) is 0 Å². The highest BCUT2D eigenvalue weighted by Crippen LogP contribution is 2.30. The zero-order valence-electron chi connectivity index (χ0n) is 11.6. The molecule has 1 aliphatic rings. The van der Waals surface area contributed by atoms with Gasteiger partial charge in [0.15, 0.2) is 0 Å². The maximum Gasteiger partial charge on any atom is 0.339 e. The fraction of sp³-hybridized carbons (Fsp3) is 0.438. The fourth-order valence-electron chi connectivity index (χ4n) is 2.82. The third-order valence-electron chi connectivity index (χ3n) is 4.32. The number of carboxylic acid groups (broad SMARTS) is 1. The SMILES string of the molecule is CC(NCc1oc2ccccc2c1C(=O)O)C1CCC1. The molecule has 2 aromatic rings. The van der Waals surface area contributed by atoms with E-state index >= 15 is 0 Å². The lowest BCUT2D eigenvalue weighted by atomic mass is 9.80. The van der Waals surface area contributed by atoms with Crippen molar-refractivity contribution in [1.29, 1.82) is 0 Å². The largest absolute Gasteiger partial charge is 0.478 e. The van der Waals surface area contributed by atoms with E-state index in [1.807, 2.05) is 12.1 Å². The molecule has 1 aromatic heterocycles. The Balaban J connectivity index is 1.82. The molecule has 0 aliphatic heterocycles. The van der Waals surface area contributed by atoms with Crippen LogP contribution in [0.1, 0.15) is 42.3 Å². The van der Waals surface area contributed by atoms with Crippen LogP contribution in [0.2, 0.25) is 0 Å². The van der Waals surface area contributed by atoms with Gasteiger partial charge in [0.05, 0.1) is 6.54 Å². The highest BCUT2D eigenvalue weighted by molar-refractivity contribution is 6.03. The lowest BCUT2D eigenvalue weighted by Gasteiger charge is -2.31. The smallest absolute Gasteiger partial charge is 0.339 e. The van der Waals surface area contributed by atoms with Gasteiger partial charge in [0.2, 0.25) is 0 Å². The number of fused-ring (bicyclic) bond motifs is 1. The van der Waals surface area contributed by atoms with Gasteiger partial charge >= 0.3 is 5.97 Å². The number of hydrogen-bond acceptors (Lipinski definition) is 3. The molecule has 4 heteroatoms. The zero-order chi connectivity index (χ0) is 14.1. The Labute approximate surface area is 117 Å². The first kappa shape index (κ1) is 13.2. The van der Waals surface area contributed by atoms with Gasteiger partial charge in [0.1, 0.15) is 16.9 Å². The van der Waals surface area contributed by atoms with Crippen molar-refractivity contribution >= 4 is 16.9 Å². The molecule has 1 aliphatic carbocycles. The highest BCUT2D eigenvalue weighted by atomic mass is 16.4. The van der Waals surface area contributed by atoms with Crippen LogP contribution >= 0.6 is 0 Å². The number of carbonyl (C=O) groups is 1. The minimum absolute atomic E-state index is 0.286. The van der Waals surface area contributed by atoms with E-state index in [1.165, 1.54) is 19.3 Å². The van der Waals surface area contributed by atoms with Crippen molar-refractivity contribution in [2.75, 3.05) is 0 Å². The molecule has 1 atom stereocenters. The second-order valence-corrected chi connectivity index (χ2v) is 5.56. The second-order valence-electron chi connectivity index (χ2n) is 5.56. The van der Waals surface area contributed by atoms with Crippen molar-refractivity contribution in [2.24, 2.45) is 5.92 Å². The Hall–Kier alpha value is -1.81. The summed E-state index contributed by atoms with van der Waals surface area (Å²) in [6.45, 7) is 2.63. The van der Waals surface area contributed by atoms with Crippen LogP contribution in [0.15, 0.2) is 28.7 Å². The third kappa shape index (κ3) is 2.31. The molecule has 4 nitrogen and oxygen atoms in total. The number of para-hydroxylation sites is 1. The molecule has 1 unspecified atom stereocenters. The van der Waals surface area contributed by atoms with Crippen LogP contribution in [0.4, 0.5) is 0 Å². The molecule has 1 fully saturated rings. The Morgan fingerprint density at radius 3 is 2.85 bits per heavy atom. The van der Waals surface area contributed by atoms with Crippen molar-refractivity contribution in [3.05, 3.63) is 35.6 Å². The van der Waals surface area contributed by atoms with Crippen molar-refractivity contribution in [1.82, 2.24) is 5.32 Å². The van der Waals surface area contributed by atoms with Gasteiger partial charge < -0.3 is 14.8 Å². The zero-order valence-corrected chi connectivity index (χ0v) is 11.6. The number of carboxylic acids is 1. The molecule has 0 spiro atoms. The Morgan fingerprint density at radius 2 is 2.20 bits per heavy atom. The van der Waals surface area contributed by atoms with Crippen LogP contribution in [0.25, 0.3) is 11.0 Å². The first-order chi connectivity index (χ1) is 9.66. The summed E-state index contributed by atoms with van der Waals surface area (Å²) in [7, 11) is 0. The summed E-state index contributed by atoms with van der Waals surface area (Å²) >= 11 is 0. The quantitative estimate of drug-likeness (QED) is 0.876. The summed E-state index contributed by atoms with van der Waals surface area (Å²) in [6, 6.07) is 7.69. The van der Waals surface area contributed by atoms with E-state index < -0.39 is 5.97 Å². The monoisotopic (exact) mass is 273 g/mol. The predicted octanol–water partition coefficient (Wildman–Crippen LogP) is 3.41. The molecule has 0 bridgehead atoms. The number of rotatable bonds is 5. The average Bonchev–Trinajstić information content (AvgIpc) is 2.72. The van der Waals surface area contributed by atoms with Crippen molar-refractivity contribution in [2.45, 2.75) is 38.8 Å². The Kier molecular flexibility index (Phi) is 3.49. The third-order valence-corrected chi connectivity index (χ3v) is 4.32. The molecular formula is C16H19NO3. The van der Waals surface area contributed by atoms with E-state index in [0.29, 0.717) is 35.2 Å². The van der Waals surface area contributed by atoms with Crippen LogP contribution in [0.3, 0.4) is 0 Å². The highest BCUT2D eigenvalue weighted by Gasteiger charge is 2.25. The van der Waals surface area contributed by atoms with E-state index in [9.17, 15) is 9.90 Å². The van der Waals surface area contributed by atoms with Crippen molar-refractivity contribution < 1.29 is 14.3 Å². The van der Waals surface area contributed by atoms with Crippen LogP contribution in [-0.2, 0) is 6.54 Å². The normalized spacial score (nSPS) is 17.1. The molecule has 1 saturated carbocycles. The number of nitrogens with one attached hydrogen (secondary N) is 1. The van der Waals surface area contributed by atoms with Gasteiger partial charge in [-0.05, 0) is 31.7 Å². The van der Waals surface area contributed by atoms with Crippen LogP contribution < -0.4 is 5.32 Å². The van der Waals surface area contributed by atoms with Crippen molar-refractivity contribution in [3.63, 3.8) is 0 Å². The second kappa shape index (κ2) is 5.29. The maximum absolute atomic E-state index is 11.5. The molecule has 20 heavy (non-hydrogen) atoms. The van der Waals surface area contributed by atoms with Crippen LogP contribution in [-0.4, -0.2) is 17.1 Å². The molecule has 1 aromatic carbocycles. The lowest BCUT2D eigenvalue weighted by Crippen LogP contribution is -2.36. The molecular weight excluding hydrogens is 254 g/mol. The molecule has 2 N–H and O–H groups in total. The molecule has 3 rings (SSSR count). The van der Waals surface area contributed by atoms with Gasteiger partial charge in [-0.1, -0.05) is 24.6 Å². The summed E-state index contributed by atoms with van der Waals surface area (Å²) in [5.41, 5.74) is 0.923. The Morgan fingerprint density at radius 1 is 1.45 bits per heavy atom. The van der Waals surface area contributed by atoms with Gasteiger partial charge in [0.25, 0.3) is 0 Å². The molecule has 0 amide bonds. The van der Waals surface area contributed by atoms with Crippen LogP contribution in [0.5, 0.6) is 0 Å². The minimum Gasteiger partial charge on any atom is -0.478 e. The molecule has 0 radical (unpaired) electrons. The molecule has 0 saturated heterocycles. The summed E-state index contributed by atoms with van der Waals surface area (Å²) < 4.78 is 5.70. The van der Waals surface area contributed by atoms with Crippen LogP contribution in [0, 0.1) is 5.92 Å². The average molecular weight is 273 g/mol. The van der Waals surface area contributed by atoms with E-state index in [2.05, 4.69) is 12.2 Å². The number of furan rings is 1. The van der Waals surface area contributed by atoms with E-state index in [4.69, 9.17) is 4.42 Å². The van der Waals surface area contributed by atoms with Gasteiger partial charge in [-0.2, -0.15) is 0 Å². The molecule has 106 valence electrons. The topological polar surface area (TPSA) is 62.5 Å². The van der Waals surface area contributed by atoms with Gasteiger partial charge in [-0.15, -0.1) is 0 Å². The Bertz CT molecular complexity index is 628. The summed E-state index contributed by atoms with van der Waals surface area (Å²) in [6.07, 6.45) is 3.84. The van der Waals surface area contributed by atoms with Gasteiger partial charge in [-0.3, -0.25) is 0 Å². The fourth-order valence-corrected chi connectivity index (χ4v) is 2.82. The van der Waals surface area contributed by atoms with Gasteiger partial charge in [0, 0.05) is 11.4 Å². The van der Waals surface area contributed by atoms with E-state index in [1.54, 1.807) is 12.1 Å². The standard InChI is InChI=1S/C16H19NO3/c1-10(11-5-4-6-11)17-9-14-15(16(18)19)12-7-2-3-8-13(12)20-14/h2-3,7-8,10-11,17H,4-6,9H2,1H3,(H,18,19). The predicted molar refractivity (Wildman–Crippen MR) is 76.8 cm³/mol. The van der Waals surface area contributed by atoms with Gasteiger partial charge in [-0.25, -0.2) is 4.79 Å². The number of aromatic carboxylic acids is 1. The lowest BCUT2D eigenvalue weighted by molar-refractivity contribution is 0.0696. The molecule has 1 heterocycles. The first-order valence-corrected chi connectivity index (χ1v) is 7.14. The summed E-state index contributed by atoms with van der Waals surface area (Å²) in [5, 5.41) is 13.5.